The summed E-state index contributed by atoms with van der Waals surface area (Å²) >= 11 is 0. The van der Waals surface area contributed by atoms with Gasteiger partial charge in [-0.1, -0.05) is 28.0 Å². The second kappa shape index (κ2) is 8.30. The molecule has 0 aromatic heterocycles. The number of carbonyl (C=O) groups is 1. The standard InChI is InChI=1S/C10H20N2OS2/c11-6-7-12-10(13)4-2-1-3-9-5-8-14-15-9/h9H,1-8,11H2,(H,12,13). The molecule has 3 N–H and O–H groups in total. The Hall–Kier alpha value is 0.130. The summed E-state index contributed by atoms with van der Waals surface area (Å²) in [4.78, 5) is 11.2. The second-order valence-electron chi connectivity index (χ2n) is 3.71. The maximum Gasteiger partial charge on any atom is 0.220 e. The average Bonchev–Trinajstić information content (AvgIpc) is 2.74. The van der Waals surface area contributed by atoms with E-state index in [2.05, 4.69) is 5.32 Å². The van der Waals surface area contributed by atoms with Crippen LogP contribution in [0.1, 0.15) is 32.1 Å². The Morgan fingerprint density at radius 3 is 3.00 bits per heavy atom. The molecule has 1 unspecified atom stereocenters. The van der Waals surface area contributed by atoms with Crippen molar-refractivity contribution in [1.29, 1.82) is 0 Å². The number of amides is 1. The fourth-order valence-corrected chi connectivity index (χ4v) is 4.55. The number of hydrogen-bond donors (Lipinski definition) is 2. The van der Waals surface area contributed by atoms with Gasteiger partial charge in [-0.15, -0.1) is 0 Å². The van der Waals surface area contributed by atoms with Gasteiger partial charge in [0.15, 0.2) is 0 Å². The van der Waals surface area contributed by atoms with Gasteiger partial charge >= 0.3 is 0 Å². The van der Waals surface area contributed by atoms with Gasteiger partial charge in [-0.3, -0.25) is 4.79 Å². The van der Waals surface area contributed by atoms with E-state index >= 15 is 0 Å². The van der Waals surface area contributed by atoms with E-state index in [9.17, 15) is 4.79 Å². The Morgan fingerprint density at radius 2 is 2.33 bits per heavy atom. The first kappa shape index (κ1) is 13.2. The van der Waals surface area contributed by atoms with Crippen molar-refractivity contribution >= 4 is 27.5 Å². The number of unbranched alkanes of at least 4 members (excludes halogenated alkanes) is 1. The molecule has 1 aliphatic rings. The molecule has 0 bridgehead atoms. The molecule has 1 heterocycles. The van der Waals surface area contributed by atoms with Crippen molar-refractivity contribution in [2.24, 2.45) is 5.73 Å². The zero-order valence-electron chi connectivity index (χ0n) is 9.04. The van der Waals surface area contributed by atoms with Crippen molar-refractivity contribution in [3.8, 4) is 0 Å². The van der Waals surface area contributed by atoms with E-state index in [0.29, 0.717) is 19.5 Å². The molecule has 0 aromatic rings. The van der Waals surface area contributed by atoms with Gasteiger partial charge in [-0.25, -0.2) is 0 Å². The lowest BCUT2D eigenvalue weighted by Crippen LogP contribution is -2.28. The zero-order valence-corrected chi connectivity index (χ0v) is 10.7. The maximum absolute atomic E-state index is 11.2. The fourth-order valence-electron chi connectivity index (χ4n) is 1.52. The van der Waals surface area contributed by atoms with Gasteiger partial charge < -0.3 is 11.1 Å². The lowest BCUT2D eigenvalue weighted by molar-refractivity contribution is -0.121. The molecule has 5 heteroatoms. The van der Waals surface area contributed by atoms with E-state index in [4.69, 9.17) is 5.73 Å². The van der Waals surface area contributed by atoms with Crippen LogP contribution in [-0.4, -0.2) is 30.0 Å². The van der Waals surface area contributed by atoms with E-state index in [1.54, 1.807) is 0 Å². The van der Waals surface area contributed by atoms with Gasteiger partial charge in [-0.2, -0.15) is 0 Å². The third-order valence-electron chi connectivity index (χ3n) is 2.37. The summed E-state index contributed by atoms with van der Waals surface area (Å²) in [6.45, 7) is 1.13. The quantitative estimate of drug-likeness (QED) is 0.532. The smallest absolute Gasteiger partial charge is 0.220 e. The SMILES string of the molecule is NCCNC(=O)CCCCC1CCSS1. The molecular weight excluding hydrogens is 228 g/mol. The predicted octanol–water partition coefficient (Wildman–Crippen LogP) is 1.78. The van der Waals surface area contributed by atoms with Crippen LogP contribution in [0.15, 0.2) is 0 Å². The molecule has 0 radical (unpaired) electrons. The maximum atomic E-state index is 11.2. The Bertz CT molecular complexity index is 184. The Kier molecular flexibility index (Phi) is 7.30. The monoisotopic (exact) mass is 248 g/mol. The normalized spacial score (nSPS) is 20.5. The van der Waals surface area contributed by atoms with Crippen LogP contribution in [0.2, 0.25) is 0 Å². The summed E-state index contributed by atoms with van der Waals surface area (Å²) in [6, 6.07) is 0. The highest BCUT2D eigenvalue weighted by Crippen LogP contribution is 2.39. The zero-order chi connectivity index (χ0) is 10.9. The molecule has 1 amide bonds. The molecule has 1 fully saturated rings. The van der Waals surface area contributed by atoms with Crippen molar-refractivity contribution in [2.75, 3.05) is 18.8 Å². The predicted molar refractivity (Wildman–Crippen MR) is 69.0 cm³/mol. The van der Waals surface area contributed by atoms with Gasteiger partial charge in [-0.05, 0) is 19.3 Å². The van der Waals surface area contributed by atoms with Gasteiger partial charge in [0, 0.05) is 30.5 Å². The van der Waals surface area contributed by atoms with Gasteiger partial charge in [0.25, 0.3) is 0 Å². The topological polar surface area (TPSA) is 55.1 Å². The summed E-state index contributed by atoms with van der Waals surface area (Å²) in [7, 11) is 4.00. The van der Waals surface area contributed by atoms with Crippen molar-refractivity contribution in [1.82, 2.24) is 5.32 Å². The Balaban J connectivity index is 1.89. The van der Waals surface area contributed by atoms with E-state index in [0.717, 1.165) is 11.7 Å². The fraction of sp³-hybridized carbons (Fsp3) is 0.900. The van der Waals surface area contributed by atoms with Crippen LogP contribution in [0.5, 0.6) is 0 Å². The minimum absolute atomic E-state index is 0.147. The molecule has 1 saturated heterocycles. The molecule has 0 aliphatic carbocycles. The minimum Gasteiger partial charge on any atom is -0.355 e. The van der Waals surface area contributed by atoms with Gasteiger partial charge in [0.05, 0.1) is 0 Å². The van der Waals surface area contributed by atoms with E-state index < -0.39 is 0 Å². The third-order valence-corrected chi connectivity index (χ3v) is 5.38. The van der Waals surface area contributed by atoms with Crippen molar-refractivity contribution < 1.29 is 4.79 Å². The summed E-state index contributed by atoms with van der Waals surface area (Å²) in [5.41, 5.74) is 5.29. The lowest BCUT2D eigenvalue weighted by atomic mass is 10.1. The van der Waals surface area contributed by atoms with Crippen LogP contribution in [0, 0.1) is 0 Å². The van der Waals surface area contributed by atoms with Crippen LogP contribution < -0.4 is 11.1 Å². The highest BCUT2D eigenvalue weighted by molar-refractivity contribution is 8.77. The first-order valence-electron chi connectivity index (χ1n) is 5.58. The minimum atomic E-state index is 0.147. The molecule has 0 saturated carbocycles. The number of hydrogen-bond acceptors (Lipinski definition) is 4. The van der Waals surface area contributed by atoms with Crippen LogP contribution in [0.3, 0.4) is 0 Å². The molecule has 0 spiro atoms. The summed E-state index contributed by atoms with van der Waals surface area (Å²) < 4.78 is 0. The lowest BCUT2D eigenvalue weighted by Gasteiger charge is -2.06. The van der Waals surface area contributed by atoms with E-state index in [-0.39, 0.29) is 5.91 Å². The average molecular weight is 248 g/mol. The van der Waals surface area contributed by atoms with Crippen molar-refractivity contribution in [3.05, 3.63) is 0 Å². The molecule has 1 atom stereocenters. The second-order valence-corrected chi connectivity index (χ2v) is 6.50. The number of rotatable bonds is 7. The molecule has 1 rings (SSSR count). The highest BCUT2D eigenvalue weighted by Gasteiger charge is 2.15. The number of nitrogens with two attached hydrogens (primary N) is 1. The van der Waals surface area contributed by atoms with E-state index in [1.807, 2.05) is 21.6 Å². The Morgan fingerprint density at radius 1 is 1.47 bits per heavy atom. The first-order valence-corrected chi connectivity index (χ1v) is 7.96. The molecule has 3 nitrogen and oxygen atoms in total. The van der Waals surface area contributed by atoms with Crippen LogP contribution >= 0.6 is 21.6 Å². The number of carbonyl (C=O) groups excluding carboxylic acids is 1. The highest BCUT2D eigenvalue weighted by atomic mass is 33.1. The Labute approximate surface area is 99.7 Å². The van der Waals surface area contributed by atoms with Crippen LogP contribution in [-0.2, 0) is 4.79 Å². The van der Waals surface area contributed by atoms with Crippen LogP contribution in [0.4, 0.5) is 0 Å². The molecule has 0 aromatic carbocycles. The molecular formula is C10H20N2OS2. The van der Waals surface area contributed by atoms with Crippen molar-refractivity contribution in [2.45, 2.75) is 37.4 Å². The molecule has 15 heavy (non-hydrogen) atoms. The summed E-state index contributed by atoms with van der Waals surface area (Å²) in [6.07, 6.45) is 5.45. The third kappa shape index (κ3) is 6.33. The largest absolute Gasteiger partial charge is 0.355 e. The van der Waals surface area contributed by atoms with Crippen LogP contribution in [0.25, 0.3) is 0 Å². The summed E-state index contributed by atoms with van der Waals surface area (Å²) in [5, 5.41) is 3.62. The van der Waals surface area contributed by atoms with E-state index in [1.165, 1.54) is 25.0 Å². The van der Waals surface area contributed by atoms with Gasteiger partial charge in [0.2, 0.25) is 5.91 Å². The van der Waals surface area contributed by atoms with Gasteiger partial charge in [0.1, 0.15) is 0 Å². The molecule has 88 valence electrons. The van der Waals surface area contributed by atoms with Crippen molar-refractivity contribution in [3.63, 3.8) is 0 Å². The molecule has 1 aliphatic heterocycles. The first-order chi connectivity index (χ1) is 7.33. The number of nitrogens with one attached hydrogen (secondary N) is 1. The summed E-state index contributed by atoms with van der Waals surface area (Å²) in [5.74, 6) is 1.45.